The maximum absolute atomic E-state index is 12.6. The van der Waals surface area contributed by atoms with Crippen molar-refractivity contribution in [3.8, 4) is 5.75 Å². The highest BCUT2D eigenvalue weighted by Gasteiger charge is 2.23. The second kappa shape index (κ2) is 6.42. The van der Waals surface area contributed by atoms with Crippen LogP contribution < -0.4 is 9.46 Å². The van der Waals surface area contributed by atoms with Gasteiger partial charge in [0.15, 0.2) is 0 Å². The smallest absolute Gasteiger partial charge is 0.261 e. The molecule has 2 aromatic rings. The number of hydrogen-bond donors (Lipinski definition) is 1. The Hall–Kier alpha value is -1.72. The third kappa shape index (κ3) is 4.18. The van der Waals surface area contributed by atoms with Gasteiger partial charge in [0.05, 0.1) is 12.0 Å². The van der Waals surface area contributed by atoms with Gasteiger partial charge in [0.25, 0.3) is 10.0 Å². The summed E-state index contributed by atoms with van der Waals surface area (Å²) in [7, 11) is -2.11. The second-order valence-corrected chi connectivity index (χ2v) is 8.34. The van der Waals surface area contributed by atoms with E-state index >= 15 is 0 Å². The highest BCUT2D eigenvalue weighted by atomic mass is 35.5. The summed E-state index contributed by atoms with van der Waals surface area (Å²) >= 11 is 5.81. The fourth-order valence-electron chi connectivity index (χ4n) is 2.17. The van der Waals surface area contributed by atoms with Crippen molar-refractivity contribution in [1.29, 1.82) is 0 Å². The highest BCUT2D eigenvalue weighted by molar-refractivity contribution is 7.92. The second-order valence-electron chi connectivity index (χ2n) is 6.22. The minimum Gasteiger partial charge on any atom is -0.496 e. The molecule has 124 valence electrons. The molecule has 0 saturated heterocycles. The summed E-state index contributed by atoms with van der Waals surface area (Å²) in [6.45, 7) is 6.02. The van der Waals surface area contributed by atoms with E-state index in [4.69, 9.17) is 16.3 Å². The van der Waals surface area contributed by atoms with Gasteiger partial charge in [-0.05, 0) is 47.9 Å². The molecule has 2 aromatic carbocycles. The topological polar surface area (TPSA) is 55.4 Å². The molecule has 0 aliphatic rings. The molecule has 0 bridgehead atoms. The average Bonchev–Trinajstić information content (AvgIpc) is 2.48. The lowest BCUT2D eigenvalue weighted by Crippen LogP contribution is -2.17. The van der Waals surface area contributed by atoms with E-state index in [9.17, 15) is 8.42 Å². The number of halogens is 1. The van der Waals surface area contributed by atoms with Gasteiger partial charge in [-0.2, -0.15) is 0 Å². The van der Waals surface area contributed by atoms with Crippen molar-refractivity contribution in [2.24, 2.45) is 0 Å². The van der Waals surface area contributed by atoms with Crippen molar-refractivity contribution < 1.29 is 13.2 Å². The molecule has 0 aliphatic carbocycles. The zero-order chi connectivity index (χ0) is 17.3. The minimum absolute atomic E-state index is 0.193. The van der Waals surface area contributed by atoms with Crippen molar-refractivity contribution in [2.75, 3.05) is 11.8 Å². The van der Waals surface area contributed by atoms with Crippen LogP contribution >= 0.6 is 11.6 Å². The molecule has 0 unspecified atom stereocenters. The predicted molar refractivity (Wildman–Crippen MR) is 94.0 cm³/mol. The van der Waals surface area contributed by atoms with E-state index in [2.05, 4.69) is 4.72 Å². The van der Waals surface area contributed by atoms with Crippen LogP contribution in [0.15, 0.2) is 47.4 Å². The number of nitrogens with one attached hydrogen (secondary N) is 1. The number of anilines is 1. The first-order valence-corrected chi connectivity index (χ1v) is 8.96. The molecule has 0 spiro atoms. The Morgan fingerprint density at radius 2 is 1.65 bits per heavy atom. The quantitative estimate of drug-likeness (QED) is 0.883. The van der Waals surface area contributed by atoms with Crippen molar-refractivity contribution in [3.05, 3.63) is 53.1 Å². The Labute approximate surface area is 142 Å². The number of sulfonamides is 1. The van der Waals surface area contributed by atoms with Gasteiger partial charge in [-0.15, -0.1) is 0 Å². The van der Waals surface area contributed by atoms with Gasteiger partial charge in [0, 0.05) is 16.3 Å². The lowest BCUT2D eigenvalue weighted by atomic mass is 9.86. The summed E-state index contributed by atoms with van der Waals surface area (Å²) in [5.74, 6) is 0.669. The molecule has 0 amide bonds. The number of methoxy groups -OCH3 is 1. The van der Waals surface area contributed by atoms with E-state index in [-0.39, 0.29) is 10.3 Å². The molecule has 4 nitrogen and oxygen atoms in total. The first kappa shape index (κ1) is 17.6. The van der Waals surface area contributed by atoms with E-state index in [0.717, 1.165) is 5.56 Å². The molecule has 1 N–H and O–H groups in total. The van der Waals surface area contributed by atoms with E-state index in [1.54, 1.807) is 43.5 Å². The average molecular weight is 354 g/mol. The Bertz CT molecular complexity index is 794. The van der Waals surface area contributed by atoms with E-state index in [1.807, 2.05) is 20.8 Å². The Kier molecular flexibility index (Phi) is 4.92. The van der Waals surface area contributed by atoms with E-state index in [1.165, 1.54) is 6.07 Å². The largest absolute Gasteiger partial charge is 0.496 e. The molecule has 0 aromatic heterocycles. The molecule has 0 radical (unpaired) electrons. The lowest BCUT2D eigenvalue weighted by molar-refractivity contribution is 0.397. The molecule has 6 heteroatoms. The first-order valence-electron chi connectivity index (χ1n) is 7.10. The standard InChI is InChI=1S/C17H20ClNO3S/c1-17(2,3)15-11-14(9-10-16(15)22-4)23(20,21)19-13-7-5-12(18)6-8-13/h5-11,19H,1-4H3. The lowest BCUT2D eigenvalue weighted by Gasteiger charge is -2.23. The van der Waals surface area contributed by atoms with Crippen LogP contribution in [-0.2, 0) is 15.4 Å². The maximum atomic E-state index is 12.6. The monoisotopic (exact) mass is 353 g/mol. The summed E-state index contributed by atoms with van der Waals surface area (Å²) in [5.41, 5.74) is 1.05. The van der Waals surface area contributed by atoms with E-state index in [0.29, 0.717) is 16.5 Å². The zero-order valence-corrected chi connectivity index (χ0v) is 15.1. The summed E-state index contributed by atoms with van der Waals surface area (Å²) in [6, 6.07) is 11.4. The predicted octanol–water partition coefficient (Wildman–Crippen LogP) is 4.45. The Morgan fingerprint density at radius 3 is 2.17 bits per heavy atom. The normalized spacial score (nSPS) is 12.0. The van der Waals surface area contributed by atoms with Gasteiger partial charge >= 0.3 is 0 Å². The van der Waals surface area contributed by atoms with Gasteiger partial charge in [0.2, 0.25) is 0 Å². The van der Waals surface area contributed by atoms with Crippen LogP contribution in [0.5, 0.6) is 5.75 Å². The molecular weight excluding hydrogens is 334 g/mol. The van der Waals surface area contributed by atoms with Crippen LogP contribution in [0.25, 0.3) is 0 Å². The van der Waals surface area contributed by atoms with Crippen LogP contribution in [0.4, 0.5) is 5.69 Å². The Balaban J connectivity index is 2.42. The maximum Gasteiger partial charge on any atom is 0.261 e. The summed E-state index contributed by atoms with van der Waals surface area (Å²) in [5, 5.41) is 0.549. The third-order valence-electron chi connectivity index (χ3n) is 3.39. The van der Waals surface area contributed by atoms with Crippen molar-refractivity contribution >= 4 is 27.3 Å². The molecule has 0 heterocycles. The molecule has 0 saturated carbocycles. The zero-order valence-electron chi connectivity index (χ0n) is 13.6. The molecule has 0 fully saturated rings. The van der Waals surface area contributed by atoms with Crippen molar-refractivity contribution in [2.45, 2.75) is 31.1 Å². The van der Waals surface area contributed by atoms with Crippen molar-refractivity contribution in [3.63, 3.8) is 0 Å². The van der Waals surface area contributed by atoms with Gasteiger partial charge in [0.1, 0.15) is 5.75 Å². The number of benzene rings is 2. The third-order valence-corrected chi connectivity index (χ3v) is 5.02. The Morgan fingerprint density at radius 1 is 1.04 bits per heavy atom. The van der Waals surface area contributed by atoms with E-state index < -0.39 is 10.0 Å². The summed E-state index contributed by atoms with van der Waals surface area (Å²) < 4.78 is 33.1. The molecule has 23 heavy (non-hydrogen) atoms. The number of rotatable bonds is 4. The van der Waals surface area contributed by atoms with Crippen LogP contribution in [0.1, 0.15) is 26.3 Å². The van der Waals surface area contributed by atoms with Crippen LogP contribution in [-0.4, -0.2) is 15.5 Å². The molecule has 0 aliphatic heterocycles. The highest BCUT2D eigenvalue weighted by Crippen LogP contribution is 2.33. The number of ether oxygens (including phenoxy) is 1. The first-order chi connectivity index (χ1) is 10.6. The SMILES string of the molecule is COc1ccc(S(=O)(=O)Nc2ccc(Cl)cc2)cc1C(C)(C)C. The number of hydrogen-bond acceptors (Lipinski definition) is 3. The van der Waals surface area contributed by atoms with Gasteiger partial charge in [-0.25, -0.2) is 8.42 Å². The van der Waals surface area contributed by atoms with Gasteiger partial charge in [-0.1, -0.05) is 32.4 Å². The van der Waals surface area contributed by atoms with Crippen LogP contribution in [0.3, 0.4) is 0 Å². The summed E-state index contributed by atoms with van der Waals surface area (Å²) in [6.07, 6.45) is 0. The van der Waals surface area contributed by atoms with Crippen LogP contribution in [0, 0.1) is 0 Å². The fourth-order valence-corrected chi connectivity index (χ4v) is 3.38. The van der Waals surface area contributed by atoms with Crippen molar-refractivity contribution in [1.82, 2.24) is 0 Å². The molecule has 2 rings (SSSR count). The minimum atomic E-state index is -3.68. The fraction of sp³-hybridized carbons (Fsp3) is 0.294. The van der Waals surface area contributed by atoms with Gasteiger partial charge < -0.3 is 4.74 Å². The van der Waals surface area contributed by atoms with Gasteiger partial charge in [-0.3, -0.25) is 4.72 Å². The summed E-state index contributed by atoms with van der Waals surface area (Å²) in [4.78, 5) is 0.193. The molecular formula is C17H20ClNO3S. The van der Waals surface area contributed by atoms with Crippen LogP contribution in [0.2, 0.25) is 5.02 Å². The molecule has 0 atom stereocenters.